The molecule has 1 N–H and O–H groups in total. The van der Waals surface area contributed by atoms with Gasteiger partial charge in [-0.15, -0.1) is 0 Å². The van der Waals surface area contributed by atoms with Crippen LogP contribution in [0.4, 0.5) is 0 Å². The molecule has 5 nitrogen and oxygen atoms in total. The Kier molecular flexibility index (Phi) is 7.66. The minimum absolute atomic E-state index is 0.602. The lowest BCUT2D eigenvalue weighted by atomic mass is 10.1. The van der Waals surface area contributed by atoms with E-state index in [0.29, 0.717) is 12.5 Å². The van der Waals surface area contributed by atoms with Gasteiger partial charge < -0.3 is 19.7 Å². The molecular weight excluding hydrogens is 326 g/mol. The first-order valence-corrected chi connectivity index (χ1v) is 8.85. The first-order chi connectivity index (χ1) is 11.6. The molecule has 0 radical (unpaired) electrons. The maximum absolute atomic E-state index is 5.95. The summed E-state index contributed by atoms with van der Waals surface area (Å²) in [5.41, 5.74) is 1.06. The van der Waals surface area contributed by atoms with Gasteiger partial charge in [-0.1, -0.05) is 11.6 Å². The normalized spacial score (nSPS) is 18.1. The summed E-state index contributed by atoms with van der Waals surface area (Å²) in [6.07, 6.45) is 2.07. The van der Waals surface area contributed by atoms with Gasteiger partial charge in [0.05, 0.1) is 13.2 Å². The zero-order valence-corrected chi connectivity index (χ0v) is 15.6. The Morgan fingerprint density at radius 1 is 1.46 bits per heavy atom. The predicted octanol–water partition coefficient (Wildman–Crippen LogP) is 2.96. The van der Waals surface area contributed by atoms with Gasteiger partial charge in [-0.2, -0.15) is 0 Å². The third-order valence-corrected chi connectivity index (χ3v) is 4.43. The van der Waals surface area contributed by atoms with Gasteiger partial charge in [-0.05, 0) is 43.5 Å². The lowest BCUT2D eigenvalue weighted by Gasteiger charge is -2.21. The first-order valence-electron chi connectivity index (χ1n) is 8.47. The second-order valence-electron chi connectivity index (χ2n) is 6.14. The van der Waals surface area contributed by atoms with Gasteiger partial charge in [0.1, 0.15) is 5.75 Å². The molecule has 1 atom stereocenters. The summed E-state index contributed by atoms with van der Waals surface area (Å²) < 4.78 is 11.1. The van der Waals surface area contributed by atoms with Gasteiger partial charge in [0.25, 0.3) is 0 Å². The van der Waals surface area contributed by atoms with Gasteiger partial charge in [0.15, 0.2) is 5.96 Å². The SMILES string of the molecule is CN=C(NCCCOc1ccc(Cl)cc1C)N1CCC(COC)C1. The Balaban J connectivity index is 1.67. The van der Waals surface area contributed by atoms with Crippen LogP contribution in [0, 0.1) is 12.8 Å². The summed E-state index contributed by atoms with van der Waals surface area (Å²) in [4.78, 5) is 6.68. The Labute approximate surface area is 150 Å². The van der Waals surface area contributed by atoms with Crippen LogP contribution in [0.3, 0.4) is 0 Å². The molecule has 1 aliphatic rings. The molecule has 134 valence electrons. The zero-order chi connectivity index (χ0) is 17.4. The number of aryl methyl sites for hydroxylation is 1. The minimum atomic E-state index is 0.602. The maximum Gasteiger partial charge on any atom is 0.193 e. The highest BCUT2D eigenvalue weighted by Gasteiger charge is 2.24. The van der Waals surface area contributed by atoms with Crippen LogP contribution in [0.25, 0.3) is 0 Å². The van der Waals surface area contributed by atoms with Crippen LogP contribution >= 0.6 is 11.6 Å². The molecule has 1 aromatic rings. The predicted molar refractivity (Wildman–Crippen MR) is 99.2 cm³/mol. The maximum atomic E-state index is 5.95. The standard InChI is InChI=1S/C18H28ClN3O2/c1-14-11-16(19)5-6-17(14)24-10-4-8-21-18(20-2)22-9-7-15(12-22)13-23-3/h5-6,11,15H,4,7-10,12-13H2,1-3H3,(H,20,21). The number of guanidine groups is 1. The third kappa shape index (κ3) is 5.56. The number of hydrogen-bond acceptors (Lipinski definition) is 3. The van der Waals surface area contributed by atoms with Crippen molar-refractivity contribution in [2.24, 2.45) is 10.9 Å². The molecule has 1 saturated heterocycles. The van der Waals surface area contributed by atoms with Gasteiger partial charge >= 0.3 is 0 Å². The van der Waals surface area contributed by atoms with Crippen molar-refractivity contribution in [2.45, 2.75) is 19.8 Å². The molecule has 0 amide bonds. The number of ether oxygens (including phenoxy) is 2. The van der Waals surface area contributed by atoms with Gasteiger partial charge in [0, 0.05) is 44.7 Å². The number of halogens is 1. The van der Waals surface area contributed by atoms with Crippen molar-refractivity contribution < 1.29 is 9.47 Å². The summed E-state index contributed by atoms with van der Waals surface area (Å²) in [6, 6.07) is 5.69. The van der Waals surface area contributed by atoms with Gasteiger partial charge in [0.2, 0.25) is 0 Å². The van der Waals surface area contributed by atoms with E-state index in [9.17, 15) is 0 Å². The molecule has 6 heteroatoms. The fourth-order valence-electron chi connectivity index (χ4n) is 2.96. The van der Waals surface area contributed by atoms with E-state index in [1.807, 2.05) is 32.2 Å². The average Bonchev–Trinajstić information content (AvgIpc) is 3.01. The Bertz CT molecular complexity index is 551. The highest BCUT2D eigenvalue weighted by molar-refractivity contribution is 6.30. The van der Waals surface area contributed by atoms with E-state index in [4.69, 9.17) is 21.1 Å². The smallest absolute Gasteiger partial charge is 0.193 e. The summed E-state index contributed by atoms with van der Waals surface area (Å²) >= 11 is 5.95. The number of nitrogens with zero attached hydrogens (tertiary/aromatic N) is 2. The summed E-state index contributed by atoms with van der Waals surface area (Å²) in [7, 11) is 3.59. The Hall–Kier alpha value is -1.46. The number of nitrogens with one attached hydrogen (secondary N) is 1. The molecule has 1 fully saturated rings. The van der Waals surface area contributed by atoms with E-state index in [1.165, 1.54) is 0 Å². The number of aliphatic imine (C=N–C) groups is 1. The highest BCUT2D eigenvalue weighted by Crippen LogP contribution is 2.21. The van der Waals surface area contributed by atoms with Crippen molar-refractivity contribution >= 4 is 17.6 Å². The summed E-state index contributed by atoms with van der Waals surface area (Å²) in [5.74, 6) is 2.46. The topological polar surface area (TPSA) is 46.1 Å². The monoisotopic (exact) mass is 353 g/mol. The molecule has 0 aliphatic carbocycles. The molecule has 1 unspecified atom stereocenters. The van der Waals surface area contributed by atoms with Crippen molar-refractivity contribution in [3.63, 3.8) is 0 Å². The molecule has 1 aromatic carbocycles. The van der Waals surface area contributed by atoms with Crippen molar-refractivity contribution in [2.75, 3.05) is 47.0 Å². The zero-order valence-electron chi connectivity index (χ0n) is 14.8. The minimum Gasteiger partial charge on any atom is -0.493 e. The molecule has 1 heterocycles. The van der Waals surface area contributed by atoms with E-state index in [0.717, 1.165) is 61.4 Å². The molecule has 0 bridgehead atoms. The molecule has 2 rings (SSSR count). The third-order valence-electron chi connectivity index (χ3n) is 4.20. The second kappa shape index (κ2) is 9.74. The number of rotatable bonds is 7. The molecule has 0 spiro atoms. The number of hydrogen-bond donors (Lipinski definition) is 1. The molecule has 0 aromatic heterocycles. The number of likely N-dealkylation sites (tertiary alicyclic amines) is 1. The van der Waals surface area contributed by atoms with Crippen LogP contribution in [-0.2, 0) is 4.74 Å². The fraction of sp³-hybridized carbons (Fsp3) is 0.611. The lowest BCUT2D eigenvalue weighted by molar-refractivity contribution is 0.157. The quantitative estimate of drug-likeness (QED) is 0.465. The van der Waals surface area contributed by atoms with Gasteiger partial charge in [-0.3, -0.25) is 4.99 Å². The number of benzene rings is 1. The van der Waals surface area contributed by atoms with E-state index >= 15 is 0 Å². The van der Waals surface area contributed by atoms with Crippen molar-refractivity contribution in [1.29, 1.82) is 0 Å². The van der Waals surface area contributed by atoms with Crippen LogP contribution in [0.5, 0.6) is 5.75 Å². The van der Waals surface area contributed by atoms with Crippen molar-refractivity contribution in [3.05, 3.63) is 28.8 Å². The summed E-state index contributed by atoms with van der Waals surface area (Å²) in [5, 5.41) is 4.16. The van der Waals surface area contributed by atoms with Crippen LogP contribution in [0.1, 0.15) is 18.4 Å². The van der Waals surface area contributed by atoms with E-state index in [-0.39, 0.29) is 0 Å². The summed E-state index contributed by atoms with van der Waals surface area (Å²) in [6.45, 7) is 6.37. The van der Waals surface area contributed by atoms with Crippen LogP contribution in [0.2, 0.25) is 5.02 Å². The molecule has 24 heavy (non-hydrogen) atoms. The van der Waals surface area contributed by atoms with E-state index in [2.05, 4.69) is 15.2 Å². The number of methoxy groups -OCH3 is 1. The van der Waals surface area contributed by atoms with Crippen LogP contribution < -0.4 is 10.1 Å². The fourth-order valence-corrected chi connectivity index (χ4v) is 3.18. The van der Waals surface area contributed by atoms with E-state index in [1.54, 1.807) is 7.11 Å². The molecule has 0 saturated carbocycles. The van der Waals surface area contributed by atoms with Crippen LogP contribution in [0.15, 0.2) is 23.2 Å². The Morgan fingerprint density at radius 3 is 3.00 bits per heavy atom. The second-order valence-corrected chi connectivity index (χ2v) is 6.58. The van der Waals surface area contributed by atoms with Crippen LogP contribution in [-0.4, -0.2) is 57.9 Å². The van der Waals surface area contributed by atoms with Gasteiger partial charge in [-0.25, -0.2) is 0 Å². The average molecular weight is 354 g/mol. The molecular formula is C18H28ClN3O2. The van der Waals surface area contributed by atoms with Crippen molar-refractivity contribution in [1.82, 2.24) is 10.2 Å². The first kappa shape index (κ1) is 18.9. The largest absolute Gasteiger partial charge is 0.493 e. The van der Waals surface area contributed by atoms with Crippen molar-refractivity contribution in [3.8, 4) is 5.75 Å². The molecule has 1 aliphatic heterocycles. The Morgan fingerprint density at radius 2 is 2.29 bits per heavy atom. The highest BCUT2D eigenvalue weighted by atomic mass is 35.5. The van der Waals surface area contributed by atoms with E-state index < -0.39 is 0 Å². The lowest BCUT2D eigenvalue weighted by Crippen LogP contribution is -2.40.